The number of benzene rings is 2. The van der Waals surface area contributed by atoms with E-state index in [-0.39, 0.29) is 11.5 Å². The Morgan fingerprint density at radius 2 is 1.88 bits per heavy atom. The number of nitrogens with zero attached hydrogens (tertiary/aromatic N) is 1. The summed E-state index contributed by atoms with van der Waals surface area (Å²) in [5.41, 5.74) is 7.22. The highest BCUT2D eigenvalue weighted by Crippen LogP contribution is 2.46. The van der Waals surface area contributed by atoms with Crippen molar-refractivity contribution >= 4 is 27.2 Å². The van der Waals surface area contributed by atoms with E-state index in [1.807, 2.05) is 0 Å². The molecule has 0 fully saturated rings. The van der Waals surface area contributed by atoms with Crippen LogP contribution < -0.4 is 10.6 Å². The van der Waals surface area contributed by atoms with Gasteiger partial charge in [-0.2, -0.15) is 0 Å². The number of aliphatic hydroxyl groups is 1. The summed E-state index contributed by atoms with van der Waals surface area (Å²) in [5, 5.41) is 19.1. The molecule has 0 amide bonds. The number of sulfone groups is 1. The first kappa shape index (κ1) is 24.9. The molecule has 33 heavy (non-hydrogen) atoms. The Morgan fingerprint density at radius 1 is 1.21 bits per heavy atom. The molecule has 1 heterocycles. The Labute approximate surface area is 193 Å². The first-order chi connectivity index (χ1) is 15.5. The second-order valence-electron chi connectivity index (χ2n) is 8.58. The molecular weight excluding hydrogens is 447 g/mol. The molecule has 1 aliphatic rings. The zero-order valence-electron chi connectivity index (χ0n) is 18.6. The molecule has 4 N–H and O–H groups in total. The van der Waals surface area contributed by atoms with Crippen molar-refractivity contribution in [1.82, 2.24) is 0 Å². The van der Waals surface area contributed by atoms with Gasteiger partial charge in [-0.15, -0.1) is 0 Å². The molecule has 1 aliphatic heterocycles. The van der Waals surface area contributed by atoms with Gasteiger partial charge >= 0.3 is 5.97 Å². The van der Waals surface area contributed by atoms with E-state index in [4.69, 9.17) is 10.8 Å². The Balaban J connectivity index is 2.12. The van der Waals surface area contributed by atoms with Gasteiger partial charge in [0.05, 0.1) is 16.5 Å². The van der Waals surface area contributed by atoms with Crippen molar-refractivity contribution in [2.75, 3.05) is 17.8 Å². The Hall–Kier alpha value is -2.75. The molecular formula is C24H29FN2O5S. The van der Waals surface area contributed by atoms with E-state index in [1.54, 1.807) is 42.2 Å². The normalized spacial score (nSPS) is 21.7. The van der Waals surface area contributed by atoms with Gasteiger partial charge in [0.25, 0.3) is 0 Å². The number of nitrogens with two attached hydrogens (primary N) is 1. The highest BCUT2D eigenvalue weighted by atomic mass is 32.2. The van der Waals surface area contributed by atoms with Crippen LogP contribution in [0.3, 0.4) is 0 Å². The number of carbonyl (C=O) groups is 1. The summed E-state index contributed by atoms with van der Waals surface area (Å²) in [4.78, 5) is 14.0. The van der Waals surface area contributed by atoms with Crippen molar-refractivity contribution in [3.05, 3.63) is 66.0 Å². The maximum absolute atomic E-state index is 14.1. The minimum absolute atomic E-state index is 0.0277. The van der Waals surface area contributed by atoms with Crippen LogP contribution in [0.25, 0.3) is 5.70 Å². The second kappa shape index (κ2) is 9.62. The molecule has 3 atom stereocenters. The van der Waals surface area contributed by atoms with Crippen molar-refractivity contribution in [3.63, 3.8) is 0 Å². The molecule has 7 nitrogen and oxygen atoms in total. The summed E-state index contributed by atoms with van der Waals surface area (Å²) in [7, 11) is -3.39. The molecule has 178 valence electrons. The van der Waals surface area contributed by atoms with Crippen molar-refractivity contribution in [2.45, 2.75) is 36.7 Å². The molecule has 0 spiro atoms. The molecule has 2 aromatic carbocycles. The van der Waals surface area contributed by atoms with Gasteiger partial charge in [0.2, 0.25) is 0 Å². The van der Waals surface area contributed by atoms with E-state index < -0.39 is 39.1 Å². The lowest BCUT2D eigenvalue weighted by atomic mass is 9.80. The summed E-state index contributed by atoms with van der Waals surface area (Å²) >= 11 is 0. The quantitative estimate of drug-likeness (QED) is 0.475. The highest BCUT2D eigenvalue weighted by Gasteiger charge is 2.48. The Morgan fingerprint density at radius 3 is 2.42 bits per heavy atom. The average molecular weight is 477 g/mol. The second-order valence-corrected chi connectivity index (χ2v) is 10.6. The van der Waals surface area contributed by atoms with E-state index in [0.717, 1.165) is 6.26 Å². The number of aliphatic carboxylic acids is 1. The van der Waals surface area contributed by atoms with Crippen LogP contribution in [0.15, 0.2) is 59.5 Å². The molecule has 0 bridgehead atoms. The maximum Gasteiger partial charge on any atom is 0.307 e. The summed E-state index contributed by atoms with van der Waals surface area (Å²) in [6.07, 6.45) is 4.22. The molecule has 0 saturated heterocycles. The number of carboxylic acids is 1. The van der Waals surface area contributed by atoms with E-state index >= 15 is 0 Å². The van der Waals surface area contributed by atoms with Gasteiger partial charge in [0, 0.05) is 30.2 Å². The number of halogens is 1. The molecule has 0 aromatic heterocycles. The SMILES string of the molecule is C[C@@]1(N)C([C@@H](CCCCO)C(=O)O)C=C(c2ccc(S(C)(=O)=O)cc2)N1c1cccc(F)c1. The van der Waals surface area contributed by atoms with Gasteiger partial charge in [-0.1, -0.05) is 30.7 Å². The third-order valence-corrected chi connectivity index (χ3v) is 7.18. The number of hydrogen-bond donors (Lipinski definition) is 3. The van der Waals surface area contributed by atoms with Crippen LogP contribution in [0.5, 0.6) is 0 Å². The van der Waals surface area contributed by atoms with E-state index in [0.29, 0.717) is 36.2 Å². The van der Waals surface area contributed by atoms with Gasteiger partial charge in [0.1, 0.15) is 5.82 Å². The van der Waals surface area contributed by atoms with Crippen LogP contribution in [0.1, 0.15) is 31.7 Å². The van der Waals surface area contributed by atoms with Gasteiger partial charge in [0.15, 0.2) is 9.84 Å². The third kappa shape index (κ3) is 5.26. The van der Waals surface area contributed by atoms with Gasteiger partial charge in [-0.3, -0.25) is 4.79 Å². The summed E-state index contributed by atoms with van der Waals surface area (Å²) in [6.45, 7) is 1.68. The molecule has 3 rings (SSSR count). The molecule has 0 radical (unpaired) electrons. The van der Waals surface area contributed by atoms with E-state index in [2.05, 4.69) is 0 Å². The number of hydrogen-bond acceptors (Lipinski definition) is 6. The fraction of sp³-hybridized carbons (Fsp3) is 0.375. The number of unbranched alkanes of at least 4 members (excludes halogenated alkanes) is 1. The maximum atomic E-state index is 14.1. The third-order valence-electron chi connectivity index (χ3n) is 6.05. The number of carboxylic acid groups (broad SMARTS) is 1. The van der Waals surface area contributed by atoms with Gasteiger partial charge < -0.3 is 20.8 Å². The van der Waals surface area contributed by atoms with E-state index in [1.165, 1.54) is 24.3 Å². The summed E-state index contributed by atoms with van der Waals surface area (Å²) in [6, 6.07) is 12.1. The van der Waals surface area contributed by atoms with Crippen molar-refractivity contribution in [2.24, 2.45) is 17.6 Å². The van der Waals surface area contributed by atoms with Crippen molar-refractivity contribution in [1.29, 1.82) is 0 Å². The predicted molar refractivity (Wildman–Crippen MR) is 125 cm³/mol. The lowest BCUT2D eigenvalue weighted by Gasteiger charge is -2.41. The zero-order chi connectivity index (χ0) is 24.4. The largest absolute Gasteiger partial charge is 0.481 e. The number of aliphatic hydroxyl groups excluding tert-OH is 1. The monoisotopic (exact) mass is 476 g/mol. The fourth-order valence-corrected chi connectivity index (χ4v) is 5.04. The lowest BCUT2D eigenvalue weighted by molar-refractivity contribution is -0.144. The first-order valence-corrected chi connectivity index (χ1v) is 12.6. The number of anilines is 1. The van der Waals surface area contributed by atoms with Crippen LogP contribution in [-0.4, -0.2) is 43.1 Å². The molecule has 2 aromatic rings. The minimum Gasteiger partial charge on any atom is -0.481 e. The van der Waals surface area contributed by atoms with Gasteiger partial charge in [-0.05, 0) is 55.7 Å². The molecule has 0 saturated carbocycles. The topological polar surface area (TPSA) is 121 Å². The summed E-state index contributed by atoms with van der Waals surface area (Å²) < 4.78 is 37.8. The van der Waals surface area contributed by atoms with Crippen molar-refractivity contribution < 1.29 is 27.8 Å². The first-order valence-electron chi connectivity index (χ1n) is 10.7. The molecule has 9 heteroatoms. The molecule has 0 aliphatic carbocycles. The fourth-order valence-electron chi connectivity index (χ4n) is 4.41. The van der Waals surface area contributed by atoms with Crippen LogP contribution >= 0.6 is 0 Å². The smallest absolute Gasteiger partial charge is 0.307 e. The van der Waals surface area contributed by atoms with Crippen LogP contribution in [0.4, 0.5) is 10.1 Å². The Kier molecular flexibility index (Phi) is 7.26. The predicted octanol–water partition coefficient (Wildman–Crippen LogP) is 3.24. The lowest BCUT2D eigenvalue weighted by Crippen LogP contribution is -2.56. The average Bonchev–Trinajstić information content (AvgIpc) is 3.01. The molecule has 1 unspecified atom stereocenters. The Bertz CT molecular complexity index is 1150. The van der Waals surface area contributed by atoms with E-state index in [9.17, 15) is 22.7 Å². The van der Waals surface area contributed by atoms with Crippen LogP contribution in [-0.2, 0) is 14.6 Å². The van der Waals surface area contributed by atoms with Gasteiger partial charge in [-0.25, -0.2) is 12.8 Å². The number of rotatable bonds is 9. The minimum atomic E-state index is -3.39. The summed E-state index contributed by atoms with van der Waals surface area (Å²) in [5.74, 6) is -2.91. The van der Waals surface area contributed by atoms with Crippen molar-refractivity contribution in [3.8, 4) is 0 Å². The highest BCUT2D eigenvalue weighted by molar-refractivity contribution is 7.90. The standard InChI is InChI=1S/C24H29FN2O5S/c1-24(26)21(20(23(29)30)8-3-4-13-28)15-22(27(24)18-7-5-6-17(25)14-18)16-9-11-19(12-10-16)33(2,31)32/h5-7,9-12,14-15,20-21,28H,3-4,8,13,26H2,1-2H3,(H,29,30)/t20-,21?,24+/m1/s1. The van der Waals surface area contributed by atoms with Crippen LogP contribution in [0, 0.1) is 17.7 Å². The van der Waals surface area contributed by atoms with Crippen LogP contribution in [0.2, 0.25) is 0 Å². The zero-order valence-corrected chi connectivity index (χ0v) is 19.4.